The van der Waals surface area contributed by atoms with E-state index in [1.165, 1.54) is 29.6 Å². The van der Waals surface area contributed by atoms with Gasteiger partial charge in [-0.05, 0) is 43.2 Å². The van der Waals surface area contributed by atoms with E-state index in [1.807, 2.05) is 0 Å². The van der Waals surface area contributed by atoms with Gasteiger partial charge in [0.1, 0.15) is 5.75 Å². The van der Waals surface area contributed by atoms with Crippen LogP contribution in [0, 0.1) is 0 Å². The van der Waals surface area contributed by atoms with Gasteiger partial charge in [0, 0.05) is 18.8 Å². The highest BCUT2D eigenvalue weighted by molar-refractivity contribution is 7.89. The molecule has 1 N–H and O–H groups in total. The second-order valence-electron chi connectivity index (χ2n) is 5.89. The lowest BCUT2D eigenvalue weighted by Crippen LogP contribution is -2.35. The quantitative estimate of drug-likeness (QED) is 0.834. The standard InChI is InChI=1S/C17H19ClN2O5S/c1-24-14-6-5-12(11-13(14)18)19-17(21)15-7-8-16(25-15)26(22,23)20-9-3-2-4-10-20/h5-8,11H,2-4,9-10H2,1H3,(H,19,21). The van der Waals surface area contributed by atoms with Crippen LogP contribution in [-0.2, 0) is 10.0 Å². The monoisotopic (exact) mass is 398 g/mol. The fraction of sp³-hybridized carbons (Fsp3) is 0.353. The molecule has 26 heavy (non-hydrogen) atoms. The Balaban J connectivity index is 1.74. The first kappa shape index (κ1) is 18.8. The van der Waals surface area contributed by atoms with Crippen LogP contribution in [0.5, 0.6) is 5.75 Å². The molecule has 0 bridgehead atoms. The third kappa shape index (κ3) is 3.87. The van der Waals surface area contributed by atoms with E-state index in [0.717, 1.165) is 19.3 Å². The van der Waals surface area contributed by atoms with E-state index in [1.54, 1.807) is 12.1 Å². The van der Waals surface area contributed by atoms with Crippen molar-refractivity contribution in [3.8, 4) is 5.75 Å². The van der Waals surface area contributed by atoms with Gasteiger partial charge in [-0.2, -0.15) is 4.31 Å². The number of nitrogens with zero attached hydrogens (tertiary/aromatic N) is 1. The molecule has 0 spiro atoms. The van der Waals surface area contributed by atoms with Gasteiger partial charge in [-0.1, -0.05) is 18.0 Å². The van der Waals surface area contributed by atoms with Crippen molar-refractivity contribution in [1.82, 2.24) is 4.31 Å². The fourth-order valence-corrected chi connectivity index (χ4v) is 4.44. The Morgan fingerprint density at radius 3 is 2.58 bits per heavy atom. The number of furan rings is 1. The van der Waals surface area contributed by atoms with E-state index in [2.05, 4.69) is 5.32 Å². The lowest BCUT2D eigenvalue weighted by molar-refractivity contribution is 0.0991. The fourth-order valence-electron chi connectivity index (χ4n) is 2.75. The number of ether oxygens (including phenoxy) is 1. The van der Waals surface area contributed by atoms with Gasteiger partial charge in [0.2, 0.25) is 5.09 Å². The van der Waals surface area contributed by atoms with Crippen molar-refractivity contribution < 1.29 is 22.4 Å². The van der Waals surface area contributed by atoms with E-state index in [4.69, 9.17) is 20.8 Å². The van der Waals surface area contributed by atoms with Crippen molar-refractivity contribution in [2.24, 2.45) is 0 Å². The largest absolute Gasteiger partial charge is 0.495 e. The number of sulfonamides is 1. The zero-order chi connectivity index (χ0) is 18.7. The number of hydrogen-bond donors (Lipinski definition) is 1. The first-order valence-electron chi connectivity index (χ1n) is 8.16. The maximum absolute atomic E-state index is 12.6. The normalized spacial score (nSPS) is 15.6. The van der Waals surface area contributed by atoms with E-state index < -0.39 is 15.9 Å². The Kier molecular flexibility index (Phi) is 5.55. The molecule has 0 unspecified atom stereocenters. The Hall–Kier alpha value is -2.03. The molecule has 7 nitrogen and oxygen atoms in total. The van der Waals surface area contributed by atoms with Crippen molar-refractivity contribution in [3.63, 3.8) is 0 Å². The van der Waals surface area contributed by atoms with Crippen LogP contribution in [0.25, 0.3) is 0 Å². The summed E-state index contributed by atoms with van der Waals surface area (Å²) in [4.78, 5) is 12.3. The molecular formula is C17H19ClN2O5S. The highest BCUT2D eigenvalue weighted by atomic mass is 35.5. The van der Waals surface area contributed by atoms with E-state index in [-0.39, 0.29) is 10.9 Å². The molecule has 3 rings (SSSR count). The summed E-state index contributed by atoms with van der Waals surface area (Å²) < 4.78 is 36.9. The lowest BCUT2D eigenvalue weighted by Gasteiger charge is -2.24. The molecule has 0 saturated carbocycles. The van der Waals surface area contributed by atoms with Crippen molar-refractivity contribution in [1.29, 1.82) is 0 Å². The van der Waals surface area contributed by atoms with Gasteiger partial charge < -0.3 is 14.5 Å². The van der Waals surface area contributed by atoms with Crippen LogP contribution in [-0.4, -0.2) is 38.8 Å². The number of rotatable bonds is 5. The van der Waals surface area contributed by atoms with Crippen LogP contribution in [0.15, 0.2) is 39.8 Å². The first-order valence-corrected chi connectivity index (χ1v) is 9.98. The van der Waals surface area contributed by atoms with Gasteiger partial charge in [0.15, 0.2) is 5.76 Å². The van der Waals surface area contributed by atoms with Crippen LogP contribution in [0.1, 0.15) is 29.8 Å². The summed E-state index contributed by atoms with van der Waals surface area (Å²) in [6, 6.07) is 7.42. The number of hydrogen-bond acceptors (Lipinski definition) is 5. The number of carbonyl (C=O) groups is 1. The average Bonchev–Trinajstić information content (AvgIpc) is 3.14. The Morgan fingerprint density at radius 1 is 1.19 bits per heavy atom. The van der Waals surface area contributed by atoms with Crippen molar-refractivity contribution in [2.75, 3.05) is 25.5 Å². The highest BCUT2D eigenvalue weighted by Crippen LogP contribution is 2.28. The molecule has 1 fully saturated rings. The zero-order valence-electron chi connectivity index (χ0n) is 14.2. The molecule has 1 aromatic heterocycles. The predicted octanol–water partition coefficient (Wildman–Crippen LogP) is 3.37. The molecule has 140 valence electrons. The minimum Gasteiger partial charge on any atom is -0.495 e. The SMILES string of the molecule is COc1ccc(NC(=O)c2ccc(S(=O)(=O)N3CCCCC3)o2)cc1Cl. The van der Waals surface area contributed by atoms with Gasteiger partial charge in [0.25, 0.3) is 15.9 Å². The number of anilines is 1. The predicted molar refractivity (Wildman–Crippen MR) is 97.3 cm³/mol. The Labute approximate surface area is 156 Å². The molecule has 1 aliphatic rings. The summed E-state index contributed by atoms with van der Waals surface area (Å²) >= 11 is 6.02. The van der Waals surface area contributed by atoms with E-state index in [9.17, 15) is 13.2 Å². The molecule has 0 aliphatic carbocycles. The number of amides is 1. The third-order valence-corrected chi connectivity index (χ3v) is 6.19. The Morgan fingerprint density at radius 2 is 1.92 bits per heavy atom. The van der Waals surface area contributed by atoms with Crippen molar-refractivity contribution in [2.45, 2.75) is 24.4 Å². The topological polar surface area (TPSA) is 88.8 Å². The van der Waals surface area contributed by atoms with Crippen LogP contribution in [0.4, 0.5) is 5.69 Å². The molecule has 2 aromatic rings. The van der Waals surface area contributed by atoms with Gasteiger partial charge >= 0.3 is 0 Å². The molecule has 1 amide bonds. The van der Waals surface area contributed by atoms with Crippen LogP contribution in [0.2, 0.25) is 5.02 Å². The van der Waals surface area contributed by atoms with Crippen molar-refractivity contribution in [3.05, 3.63) is 41.1 Å². The summed E-state index contributed by atoms with van der Waals surface area (Å²) in [5.74, 6) is -0.170. The molecule has 9 heteroatoms. The number of halogens is 1. The number of methoxy groups -OCH3 is 1. The lowest BCUT2D eigenvalue weighted by atomic mass is 10.2. The number of nitrogens with one attached hydrogen (secondary N) is 1. The zero-order valence-corrected chi connectivity index (χ0v) is 15.8. The third-order valence-electron chi connectivity index (χ3n) is 4.12. The second-order valence-corrected chi connectivity index (χ2v) is 8.16. The van der Waals surface area contributed by atoms with Gasteiger partial charge in [-0.3, -0.25) is 4.79 Å². The number of benzene rings is 1. The van der Waals surface area contributed by atoms with Crippen molar-refractivity contribution >= 4 is 33.2 Å². The van der Waals surface area contributed by atoms with E-state index >= 15 is 0 Å². The summed E-state index contributed by atoms with van der Waals surface area (Å²) in [5.41, 5.74) is 0.442. The number of carbonyl (C=O) groups excluding carboxylic acids is 1. The molecule has 1 saturated heterocycles. The van der Waals surface area contributed by atoms with Gasteiger partial charge in [-0.25, -0.2) is 8.42 Å². The highest BCUT2D eigenvalue weighted by Gasteiger charge is 2.29. The maximum atomic E-state index is 12.6. The first-order chi connectivity index (χ1) is 12.4. The van der Waals surface area contributed by atoms with Crippen LogP contribution >= 0.6 is 11.6 Å². The number of piperidine rings is 1. The summed E-state index contributed by atoms with van der Waals surface area (Å²) in [7, 11) is -2.22. The molecule has 0 atom stereocenters. The summed E-state index contributed by atoms with van der Waals surface area (Å²) in [6.45, 7) is 0.934. The minimum atomic E-state index is -3.71. The van der Waals surface area contributed by atoms with Gasteiger partial charge in [-0.15, -0.1) is 0 Å². The molecule has 1 aromatic carbocycles. The minimum absolute atomic E-state index is 0.0903. The molecule has 2 heterocycles. The Bertz CT molecular complexity index is 904. The average molecular weight is 399 g/mol. The molecule has 0 radical (unpaired) electrons. The van der Waals surface area contributed by atoms with E-state index in [0.29, 0.717) is 29.5 Å². The molecular weight excluding hydrogens is 380 g/mol. The summed E-state index contributed by atoms with van der Waals surface area (Å²) in [6.07, 6.45) is 2.67. The second kappa shape index (κ2) is 7.69. The van der Waals surface area contributed by atoms with Gasteiger partial charge in [0.05, 0.1) is 12.1 Å². The summed E-state index contributed by atoms with van der Waals surface area (Å²) in [5, 5.41) is 2.73. The molecule has 1 aliphatic heterocycles. The smallest absolute Gasteiger partial charge is 0.291 e. The van der Waals surface area contributed by atoms with Crippen LogP contribution < -0.4 is 10.1 Å². The maximum Gasteiger partial charge on any atom is 0.291 e. The van der Waals surface area contributed by atoms with Crippen LogP contribution in [0.3, 0.4) is 0 Å².